The number of nitrogens with one attached hydrogen (secondary N) is 2. The normalized spacial score (nSPS) is 36.6. The summed E-state index contributed by atoms with van der Waals surface area (Å²) in [5.74, 6) is 1.03. The van der Waals surface area contributed by atoms with E-state index in [1.54, 1.807) is 0 Å². The zero-order chi connectivity index (χ0) is 10.7. The van der Waals surface area contributed by atoms with Crippen LogP contribution in [-0.4, -0.2) is 24.5 Å². The maximum atomic E-state index is 11.1. The van der Waals surface area contributed by atoms with Crippen molar-refractivity contribution in [3.8, 4) is 0 Å². The van der Waals surface area contributed by atoms with Crippen molar-refractivity contribution in [3.05, 3.63) is 0 Å². The average Bonchev–Trinajstić information content (AvgIpc) is 2.65. The number of rotatable bonds is 3. The second kappa shape index (κ2) is 4.97. The van der Waals surface area contributed by atoms with E-state index in [0.717, 1.165) is 12.5 Å². The molecule has 0 aromatic rings. The Morgan fingerprint density at radius 1 is 1.40 bits per heavy atom. The van der Waals surface area contributed by atoms with Crippen LogP contribution >= 0.6 is 0 Å². The molecule has 3 atom stereocenters. The molecule has 86 valence electrons. The molecule has 2 fully saturated rings. The number of hydrogen-bond acceptors (Lipinski definition) is 2. The van der Waals surface area contributed by atoms with Crippen LogP contribution in [0.4, 0.5) is 0 Å². The standard InChI is InChI=1S/C12H22N2O/c1-2-9-5-3-4-6-11(9)14-10-7-12(15)13-8-10/h9-11,14H,2-8H2,1H3,(H,13,15). The van der Waals surface area contributed by atoms with Crippen molar-refractivity contribution >= 4 is 5.91 Å². The van der Waals surface area contributed by atoms with E-state index in [9.17, 15) is 4.79 Å². The van der Waals surface area contributed by atoms with Crippen molar-refractivity contribution < 1.29 is 4.79 Å². The van der Waals surface area contributed by atoms with Crippen molar-refractivity contribution in [2.75, 3.05) is 6.54 Å². The summed E-state index contributed by atoms with van der Waals surface area (Å²) >= 11 is 0. The summed E-state index contributed by atoms with van der Waals surface area (Å²) in [5, 5.41) is 6.56. The van der Waals surface area contributed by atoms with E-state index < -0.39 is 0 Å². The first-order chi connectivity index (χ1) is 7.29. The molecule has 3 nitrogen and oxygen atoms in total. The van der Waals surface area contributed by atoms with E-state index in [-0.39, 0.29) is 5.91 Å². The topological polar surface area (TPSA) is 41.1 Å². The van der Waals surface area contributed by atoms with Crippen LogP contribution in [0, 0.1) is 5.92 Å². The minimum absolute atomic E-state index is 0.205. The molecular formula is C12H22N2O. The van der Waals surface area contributed by atoms with Gasteiger partial charge in [0.15, 0.2) is 0 Å². The Labute approximate surface area is 92.0 Å². The number of carbonyl (C=O) groups is 1. The fraction of sp³-hybridized carbons (Fsp3) is 0.917. The predicted octanol–water partition coefficient (Wildman–Crippen LogP) is 1.43. The lowest BCUT2D eigenvalue weighted by Gasteiger charge is -2.33. The van der Waals surface area contributed by atoms with Crippen LogP contribution in [0.1, 0.15) is 45.4 Å². The predicted molar refractivity (Wildman–Crippen MR) is 60.6 cm³/mol. The van der Waals surface area contributed by atoms with Crippen LogP contribution in [0.3, 0.4) is 0 Å². The number of carbonyl (C=O) groups excluding carboxylic acids is 1. The summed E-state index contributed by atoms with van der Waals surface area (Å²) in [6.07, 6.45) is 7.34. The van der Waals surface area contributed by atoms with Gasteiger partial charge in [0.05, 0.1) is 0 Å². The third-order valence-electron chi connectivity index (χ3n) is 3.86. The molecule has 3 heteroatoms. The minimum Gasteiger partial charge on any atom is -0.354 e. The van der Waals surface area contributed by atoms with Crippen LogP contribution in [0.5, 0.6) is 0 Å². The van der Waals surface area contributed by atoms with Crippen LogP contribution < -0.4 is 10.6 Å². The Morgan fingerprint density at radius 2 is 2.20 bits per heavy atom. The first-order valence-electron chi connectivity index (χ1n) is 6.32. The minimum atomic E-state index is 0.205. The van der Waals surface area contributed by atoms with Gasteiger partial charge in [-0.25, -0.2) is 0 Å². The van der Waals surface area contributed by atoms with Crippen molar-refractivity contribution in [1.82, 2.24) is 10.6 Å². The maximum absolute atomic E-state index is 11.1. The molecule has 2 aliphatic rings. The van der Waals surface area contributed by atoms with Crippen LogP contribution in [0.15, 0.2) is 0 Å². The SMILES string of the molecule is CCC1CCCCC1NC1CNC(=O)C1. The molecule has 2 rings (SSSR count). The van der Waals surface area contributed by atoms with Crippen LogP contribution in [0.25, 0.3) is 0 Å². The Bertz CT molecular complexity index is 230. The summed E-state index contributed by atoms with van der Waals surface area (Å²) in [6, 6.07) is 1.04. The molecule has 1 aliphatic carbocycles. The van der Waals surface area contributed by atoms with E-state index in [1.807, 2.05) is 0 Å². The van der Waals surface area contributed by atoms with E-state index >= 15 is 0 Å². The Hall–Kier alpha value is -0.570. The van der Waals surface area contributed by atoms with Gasteiger partial charge in [-0.15, -0.1) is 0 Å². The molecule has 1 aliphatic heterocycles. The molecule has 0 aromatic carbocycles. The molecule has 3 unspecified atom stereocenters. The summed E-state index contributed by atoms with van der Waals surface area (Å²) in [4.78, 5) is 11.1. The van der Waals surface area contributed by atoms with Gasteiger partial charge in [-0.05, 0) is 18.8 Å². The van der Waals surface area contributed by atoms with Crippen molar-refractivity contribution in [2.24, 2.45) is 5.92 Å². The van der Waals surface area contributed by atoms with Gasteiger partial charge in [-0.1, -0.05) is 26.2 Å². The number of amides is 1. The quantitative estimate of drug-likeness (QED) is 0.740. The highest BCUT2D eigenvalue weighted by Gasteiger charge is 2.28. The Kier molecular flexibility index (Phi) is 3.62. The molecule has 0 radical (unpaired) electrons. The lowest BCUT2D eigenvalue weighted by atomic mass is 9.82. The zero-order valence-electron chi connectivity index (χ0n) is 9.59. The molecule has 0 bridgehead atoms. The van der Waals surface area contributed by atoms with Gasteiger partial charge in [0.1, 0.15) is 0 Å². The van der Waals surface area contributed by atoms with Crippen molar-refractivity contribution in [1.29, 1.82) is 0 Å². The highest BCUT2D eigenvalue weighted by molar-refractivity contribution is 5.78. The lowest BCUT2D eigenvalue weighted by molar-refractivity contribution is -0.119. The molecule has 1 saturated carbocycles. The fourth-order valence-corrected chi connectivity index (χ4v) is 2.94. The molecule has 1 saturated heterocycles. The molecule has 0 spiro atoms. The lowest BCUT2D eigenvalue weighted by Crippen LogP contribution is -2.45. The Morgan fingerprint density at radius 3 is 2.87 bits per heavy atom. The van der Waals surface area contributed by atoms with Gasteiger partial charge in [0.25, 0.3) is 0 Å². The molecule has 0 aromatic heterocycles. The van der Waals surface area contributed by atoms with Crippen molar-refractivity contribution in [2.45, 2.75) is 57.5 Å². The summed E-state index contributed by atoms with van der Waals surface area (Å²) in [7, 11) is 0. The highest BCUT2D eigenvalue weighted by atomic mass is 16.1. The number of hydrogen-bond donors (Lipinski definition) is 2. The summed E-state index contributed by atoms with van der Waals surface area (Å²) < 4.78 is 0. The second-order valence-electron chi connectivity index (χ2n) is 4.93. The van der Waals surface area contributed by atoms with Gasteiger partial charge >= 0.3 is 0 Å². The molecule has 2 N–H and O–H groups in total. The van der Waals surface area contributed by atoms with Gasteiger partial charge in [0.2, 0.25) is 5.91 Å². The van der Waals surface area contributed by atoms with Gasteiger partial charge in [-0.2, -0.15) is 0 Å². The van der Waals surface area contributed by atoms with E-state index in [1.165, 1.54) is 32.1 Å². The first-order valence-corrected chi connectivity index (χ1v) is 6.32. The maximum Gasteiger partial charge on any atom is 0.221 e. The van der Waals surface area contributed by atoms with Crippen LogP contribution in [0.2, 0.25) is 0 Å². The fourth-order valence-electron chi connectivity index (χ4n) is 2.94. The van der Waals surface area contributed by atoms with E-state index in [0.29, 0.717) is 18.5 Å². The summed E-state index contributed by atoms with van der Waals surface area (Å²) in [5.41, 5.74) is 0. The average molecular weight is 210 g/mol. The van der Waals surface area contributed by atoms with Gasteiger partial charge < -0.3 is 10.6 Å². The smallest absolute Gasteiger partial charge is 0.221 e. The third kappa shape index (κ3) is 2.71. The molecule has 1 amide bonds. The van der Waals surface area contributed by atoms with Crippen LogP contribution in [-0.2, 0) is 4.79 Å². The van der Waals surface area contributed by atoms with E-state index in [4.69, 9.17) is 0 Å². The molecule has 1 heterocycles. The first kappa shape index (κ1) is 10.9. The van der Waals surface area contributed by atoms with Gasteiger partial charge in [0, 0.05) is 25.0 Å². The second-order valence-corrected chi connectivity index (χ2v) is 4.93. The highest BCUT2D eigenvalue weighted by Crippen LogP contribution is 2.27. The Balaban J connectivity index is 1.83. The summed E-state index contributed by atoms with van der Waals surface area (Å²) in [6.45, 7) is 3.11. The molecular weight excluding hydrogens is 188 g/mol. The monoisotopic (exact) mass is 210 g/mol. The van der Waals surface area contributed by atoms with Gasteiger partial charge in [-0.3, -0.25) is 4.79 Å². The van der Waals surface area contributed by atoms with Crippen molar-refractivity contribution in [3.63, 3.8) is 0 Å². The molecule has 15 heavy (non-hydrogen) atoms. The largest absolute Gasteiger partial charge is 0.354 e. The van der Waals surface area contributed by atoms with E-state index in [2.05, 4.69) is 17.6 Å². The zero-order valence-corrected chi connectivity index (χ0v) is 9.59. The third-order valence-corrected chi connectivity index (χ3v) is 3.86.